The van der Waals surface area contributed by atoms with Crippen LogP contribution in [0, 0.1) is 17.8 Å². The summed E-state index contributed by atoms with van der Waals surface area (Å²) < 4.78 is 69.0. The van der Waals surface area contributed by atoms with E-state index in [1.165, 1.54) is 276 Å². The first-order valence-electron chi connectivity index (χ1n) is 45.4. The monoisotopic (exact) mass is 1560 g/mol. The third-order valence-corrected chi connectivity index (χ3v) is 23.3. The van der Waals surface area contributed by atoms with E-state index in [1.807, 2.05) is 0 Å². The highest BCUT2D eigenvalue weighted by Gasteiger charge is 2.31. The highest BCUT2D eigenvalue weighted by molar-refractivity contribution is 7.47. The van der Waals surface area contributed by atoms with Crippen molar-refractivity contribution in [2.24, 2.45) is 17.8 Å². The summed E-state index contributed by atoms with van der Waals surface area (Å²) in [6.45, 7) is 12.1. The molecule has 7 atom stereocenters. The fraction of sp³-hybridized carbons (Fsp3) is 0.955. The van der Waals surface area contributed by atoms with Crippen LogP contribution in [0.1, 0.15) is 466 Å². The molecule has 0 aromatic carbocycles. The molecule has 0 saturated carbocycles. The predicted octanol–water partition coefficient (Wildman–Crippen LogP) is 26.9. The number of rotatable bonds is 86. The van der Waals surface area contributed by atoms with Gasteiger partial charge in [0.05, 0.1) is 26.4 Å². The SMILES string of the molecule is CCCCCCCCCCCCCCCCCCCCCCCCC(=O)O[C@H](COC(=O)CCCCCCCCCCCCCCCCC(C)CC)COP(=O)(O)OC[C@@H](O)COP(=O)(O)OC[C@@H](COC(=O)CCCCCCCCCCCCC(C)C)OC(=O)CCCCCCCCCCCCC(C)CC. The van der Waals surface area contributed by atoms with E-state index in [9.17, 15) is 43.2 Å². The molecule has 0 bridgehead atoms. The Bertz CT molecular complexity index is 2060. The Balaban J connectivity index is 5.25. The molecule has 0 amide bonds. The van der Waals surface area contributed by atoms with Gasteiger partial charge in [-0.3, -0.25) is 37.3 Å². The number of ether oxygens (including phenoxy) is 4. The topological polar surface area (TPSA) is 237 Å². The smallest absolute Gasteiger partial charge is 0.462 e. The van der Waals surface area contributed by atoms with Gasteiger partial charge in [-0.1, -0.05) is 414 Å². The number of hydrogen-bond acceptors (Lipinski definition) is 15. The molecule has 636 valence electrons. The normalized spacial score (nSPS) is 14.3. The van der Waals surface area contributed by atoms with E-state index in [0.717, 1.165) is 108 Å². The molecule has 0 aliphatic carbocycles. The molecule has 0 aromatic heterocycles. The van der Waals surface area contributed by atoms with Crippen LogP contribution in [0.3, 0.4) is 0 Å². The Labute approximate surface area is 658 Å². The number of esters is 4. The van der Waals surface area contributed by atoms with Crippen molar-refractivity contribution in [3.05, 3.63) is 0 Å². The van der Waals surface area contributed by atoms with Crippen molar-refractivity contribution >= 4 is 39.5 Å². The van der Waals surface area contributed by atoms with E-state index >= 15 is 0 Å². The molecule has 0 spiro atoms. The molecule has 0 saturated heterocycles. The van der Waals surface area contributed by atoms with Crippen LogP contribution >= 0.6 is 15.6 Å². The van der Waals surface area contributed by atoms with E-state index in [1.54, 1.807) is 0 Å². The number of phosphoric ester groups is 2. The molecule has 17 nitrogen and oxygen atoms in total. The van der Waals surface area contributed by atoms with E-state index in [4.69, 9.17) is 37.0 Å². The van der Waals surface area contributed by atoms with Crippen molar-refractivity contribution in [3.8, 4) is 0 Å². The number of carbonyl (C=O) groups excluding carboxylic acids is 4. The molecule has 0 radical (unpaired) electrons. The average molecular weight is 1560 g/mol. The average Bonchev–Trinajstić information content (AvgIpc) is 0.900. The molecular weight excluding hydrogens is 1390 g/mol. The Morgan fingerprint density at radius 1 is 0.271 bits per heavy atom. The quantitative estimate of drug-likeness (QED) is 0.0222. The highest BCUT2D eigenvalue weighted by atomic mass is 31.2. The van der Waals surface area contributed by atoms with Crippen LogP contribution in [0.2, 0.25) is 0 Å². The molecule has 4 unspecified atom stereocenters. The number of aliphatic hydroxyl groups is 1. The second kappa shape index (κ2) is 78.0. The fourth-order valence-corrected chi connectivity index (χ4v) is 15.2. The predicted molar refractivity (Wildman–Crippen MR) is 441 cm³/mol. The zero-order chi connectivity index (χ0) is 78.6. The van der Waals surface area contributed by atoms with Gasteiger partial charge in [-0.2, -0.15) is 0 Å². The summed E-state index contributed by atoms with van der Waals surface area (Å²) in [5.41, 5.74) is 0. The maximum Gasteiger partial charge on any atom is 0.472 e. The van der Waals surface area contributed by atoms with Gasteiger partial charge in [0.2, 0.25) is 0 Å². The first kappa shape index (κ1) is 105. The van der Waals surface area contributed by atoms with Gasteiger partial charge in [0.15, 0.2) is 12.2 Å². The van der Waals surface area contributed by atoms with Crippen LogP contribution in [0.5, 0.6) is 0 Å². The fourth-order valence-electron chi connectivity index (χ4n) is 13.7. The van der Waals surface area contributed by atoms with Crippen molar-refractivity contribution in [1.82, 2.24) is 0 Å². The van der Waals surface area contributed by atoms with E-state index in [0.29, 0.717) is 25.7 Å². The van der Waals surface area contributed by atoms with E-state index < -0.39 is 97.5 Å². The zero-order valence-corrected chi connectivity index (χ0v) is 72.4. The number of unbranched alkanes of at least 4 members (excludes halogenated alkanes) is 52. The van der Waals surface area contributed by atoms with Crippen molar-refractivity contribution in [1.29, 1.82) is 0 Å². The molecule has 3 N–H and O–H groups in total. The largest absolute Gasteiger partial charge is 0.472 e. The van der Waals surface area contributed by atoms with Crippen LogP contribution in [0.25, 0.3) is 0 Å². The van der Waals surface area contributed by atoms with Crippen LogP contribution < -0.4 is 0 Å². The van der Waals surface area contributed by atoms with Gasteiger partial charge >= 0.3 is 39.5 Å². The molecule has 0 aliphatic rings. The standard InChI is InChI=1S/C88H172O17P2/c1-8-11-12-13-14-15-16-17-18-19-20-21-22-23-24-25-30-33-43-50-57-64-71-87(92)104-83(75-98-85(90)69-62-55-48-41-32-29-27-26-28-31-39-46-53-60-67-80(6)9-2)77-102-106(94,95)100-73-82(89)74-101-107(96,97)103-78-84(76-99-86(91)70-63-56-49-42-36-34-38-45-52-59-66-79(4)5)105-88(93)72-65-58-51-44-37-35-40-47-54-61-68-81(7)10-3/h79-84,89H,8-78H2,1-7H3,(H,94,95)(H,96,97)/t80?,81?,82-,83-,84-/m1/s1. The first-order chi connectivity index (χ1) is 51.8. The summed E-state index contributed by atoms with van der Waals surface area (Å²) in [5.74, 6) is 0.308. The van der Waals surface area contributed by atoms with Crippen LogP contribution in [0.15, 0.2) is 0 Å². The molecule has 0 fully saturated rings. The number of hydrogen-bond donors (Lipinski definition) is 3. The lowest BCUT2D eigenvalue weighted by Crippen LogP contribution is -2.30. The summed E-state index contributed by atoms with van der Waals surface area (Å²) in [5, 5.41) is 10.7. The summed E-state index contributed by atoms with van der Waals surface area (Å²) in [6.07, 6.45) is 69.4. The van der Waals surface area contributed by atoms with Crippen molar-refractivity contribution in [2.75, 3.05) is 39.6 Å². The van der Waals surface area contributed by atoms with Crippen molar-refractivity contribution in [3.63, 3.8) is 0 Å². The highest BCUT2D eigenvalue weighted by Crippen LogP contribution is 2.45. The second-order valence-corrected chi connectivity index (χ2v) is 35.5. The minimum Gasteiger partial charge on any atom is -0.462 e. The lowest BCUT2D eigenvalue weighted by Gasteiger charge is -2.21. The molecular formula is C88H172O17P2. The molecule has 0 aliphatic heterocycles. The minimum atomic E-state index is -4.97. The first-order valence-corrected chi connectivity index (χ1v) is 48.4. The van der Waals surface area contributed by atoms with E-state index in [2.05, 4.69) is 48.5 Å². The molecule has 19 heteroatoms. The summed E-state index contributed by atoms with van der Waals surface area (Å²) >= 11 is 0. The zero-order valence-electron chi connectivity index (χ0n) is 70.6. The lowest BCUT2D eigenvalue weighted by atomic mass is 9.99. The minimum absolute atomic E-state index is 0.106. The van der Waals surface area contributed by atoms with Gasteiger partial charge in [0.1, 0.15) is 19.3 Å². The maximum atomic E-state index is 13.2. The number of carbonyl (C=O) groups is 4. The van der Waals surface area contributed by atoms with Gasteiger partial charge in [0, 0.05) is 25.7 Å². The number of aliphatic hydroxyl groups excluding tert-OH is 1. The Hall–Kier alpha value is -1.94. The van der Waals surface area contributed by atoms with Crippen molar-refractivity contribution in [2.45, 2.75) is 484 Å². The molecule has 0 rings (SSSR count). The molecule has 107 heavy (non-hydrogen) atoms. The Morgan fingerprint density at radius 2 is 0.477 bits per heavy atom. The third-order valence-electron chi connectivity index (χ3n) is 21.4. The van der Waals surface area contributed by atoms with Gasteiger partial charge in [-0.15, -0.1) is 0 Å². The van der Waals surface area contributed by atoms with Crippen LogP contribution in [-0.4, -0.2) is 96.7 Å². The Morgan fingerprint density at radius 3 is 0.710 bits per heavy atom. The van der Waals surface area contributed by atoms with E-state index in [-0.39, 0.29) is 25.7 Å². The second-order valence-electron chi connectivity index (χ2n) is 32.6. The summed E-state index contributed by atoms with van der Waals surface area (Å²) in [4.78, 5) is 73.3. The summed E-state index contributed by atoms with van der Waals surface area (Å²) in [7, 11) is -9.93. The summed E-state index contributed by atoms with van der Waals surface area (Å²) in [6, 6.07) is 0. The maximum absolute atomic E-state index is 13.2. The Kier molecular flexibility index (Phi) is 76.6. The van der Waals surface area contributed by atoms with Gasteiger partial charge < -0.3 is 33.8 Å². The van der Waals surface area contributed by atoms with Gasteiger partial charge in [-0.05, 0) is 43.4 Å². The van der Waals surface area contributed by atoms with Crippen molar-refractivity contribution < 1.29 is 80.2 Å². The lowest BCUT2D eigenvalue weighted by molar-refractivity contribution is -0.161. The van der Waals surface area contributed by atoms with Gasteiger partial charge in [-0.25, -0.2) is 9.13 Å². The van der Waals surface area contributed by atoms with Crippen LogP contribution in [0.4, 0.5) is 0 Å². The third kappa shape index (κ3) is 79.1. The molecule has 0 aromatic rings. The van der Waals surface area contributed by atoms with Gasteiger partial charge in [0.25, 0.3) is 0 Å². The molecule has 0 heterocycles. The van der Waals surface area contributed by atoms with Crippen LogP contribution in [-0.2, 0) is 65.4 Å². The number of phosphoric acid groups is 2.